The molecule has 5 saturated carbocycles. The van der Waals surface area contributed by atoms with E-state index in [1.54, 1.807) is 0 Å². The first-order chi connectivity index (χ1) is 17.1. The first-order valence-electron chi connectivity index (χ1n) is 15.2. The van der Waals surface area contributed by atoms with Gasteiger partial charge in [-0.05, 0) is 122 Å². The molecular weight excluding hydrogens is 464 g/mol. The van der Waals surface area contributed by atoms with Crippen molar-refractivity contribution in [1.29, 1.82) is 0 Å². The van der Waals surface area contributed by atoms with Gasteiger partial charge in [0.05, 0.1) is 24.9 Å². The second kappa shape index (κ2) is 8.67. The van der Waals surface area contributed by atoms with Crippen LogP contribution in [0.5, 0.6) is 0 Å². The van der Waals surface area contributed by atoms with E-state index >= 15 is 0 Å². The van der Waals surface area contributed by atoms with Gasteiger partial charge < -0.3 is 20.1 Å². The van der Waals surface area contributed by atoms with Crippen LogP contribution in [-0.4, -0.2) is 46.2 Å². The topological polar surface area (TPSA) is 87.0 Å². The maximum absolute atomic E-state index is 11.9. The minimum absolute atomic E-state index is 0.0218. The van der Waals surface area contributed by atoms with E-state index < -0.39 is 5.60 Å². The normalized spacial score (nSPS) is 52.2. The average Bonchev–Trinajstić information content (AvgIpc) is 3.22. The number of carbonyl (C=O) groups is 1. The van der Waals surface area contributed by atoms with Gasteiger partial charge in [-0.2, -0.15) is 0 Å². The lowest BCUT2D eigenvalue weighted by Gasteiger charge is -2.73. The Labute approximate surface area is 225 Å². The highest BCUT2D eigenvalue weighted by Crippen LogP contribution is 2.77. The number of hydrogen-bond donors (Lipinski definition) is 3. The molecule has 5 aliphatic carbocycles. The van der Waals surface area contributed by atoms with Crippen molar-refractivity contribution < 1.29 is 24.9 Å². The zero-order valence-corrected chi connectivity index (χ0v) is 24.6. The highest BCUT2D eigenvalue weighted by molar-refractivity contribution is 5.65. The summed E-state index contributed by atoms with van der Waals surface area (Å²) in [5.41, 5.74) is -0.684. The molecule has 5 heteroatoms. The van der Waals surface area contributed by atoms with Gasteiger partial charge in [0.15, 0.2) is 0 Å². The summed E-state index contributed by atoms with van der Waals surface area (Å²) in [4.78, 5) is 11.9. The third-order valence-corrected chi connectivity index (χ3v) is 14.3. The number of aliphatic hydroxyl groups excluding tert-OH is 2. The standard InChI is InChI=1S/C32H54O5/c1-20(34)37-19-32-15-10-22(31(7,36)18-33)26(32)21-8-9-24-28(4)13-12-25(35)27(2,3)23(28)11-14-30(24,6)29(21,5)16-17-32/h21-26,33,35-36H,8-19H2,1-7H3/t21-,22-,23+,24-,25+,26+,28+,29-,30-,31?,32-/m1/s1. The van der Waals surface area contributed by atoms with Gasteiger partial charge in [-0.25, -0.2) is 0 Å². The van der Waals surface area contributed by atoms with E-state index in [9.17, 15) is 20.1 Å². The lowest BCUT2D eigenvalue weighted by molar-refractivity contribution is -0.255. The van der Waals surface area contributed by atoms with Crippen molar-refractivity contribution in [2.24, 2.45) is 56.7 Å². The minimum Gasteiger partial charge on any atom is -0.465 e. The summed E-state index contributed by atoms with van der Waals surface area (Å²) in [5, 5.41) is 32.6. The van der Waals surface area contributed by atoms with E-state index in [0.717, 1.165) is 44.9 Å². The Hall–Kier alpha value is -0.650. The van der Waals surface area contributed by atoms with E-state index in [-0.39, 0.29) is 57.6 Å². The second-order valence-electron chi connectivity index (χ2n) is 15.9. The monoisotopic (exact) mass is 518 g/mol. The lowest BCUT2D eigenvalue weighted by atomic mass is 9.32. The van der Waals surface area contributed by atoms with Gasteiger partial charge in [0, 0.05) is 12.3 Å². The number of carbonyl (C=O) groups excluding carboxylic acids is 1. The maximum atomic E-state index is 11.9. The van der Waals surface area contributed by atoms with Crippen LogP contribution in [-0.2, 0) is 9.53 Å². The SMILES string of the molecule is CC(=O)OC[C@]12CC[C@@H](C(C)(O)CO)[C@@H]1[C@H]1CC[C@@H]3[C@@]4(C)CC[C@H](O)C(C)(C)[C@@H]4CC[C@@]3(C)[C@]1(C)CC2. The number of ether oxygens (including phenoxy) is 1. The van der Waals surface area contributed by atoms with Crippen molar-refractivity contribution in [2.45, 2.75) is 124 Å². The van der Waals surface area contributed by atoms with Crippen molar-refractivity contribution in [1.82, 2.24) is 0 Å². The Bertz CT molecular complexity index is 913. The molecule has 5 rings (SSSR count). The minimum atomic E-state index is -1.12. The molecule has 3 N–H and O–H groups in total. The quantitative estimate of drug-likeness (QED) is 0.414. The van der Waals surface area contributed by atoms with Crippen molar-refractivity contribution in [3.05, 3.63) is 0 Å². The Morgan fingerprint density at radius 1 is 0.892 bits per heavy atom. The molecule has 5 aliphatic rings. The largest absolute Gasteiger partial charge is 0.465 e. The van der Waals surface area contributed by atoms with Gasteiger partial charge in [0.25, 0.3) is 0 Å². The van der Waals surface area contributed by atoms with Gasteiger partial charge in [0.1, 0.15) is 0 Å². The van der Waals surface area contributed by atoms with E-state index in [4.69, 9.17) is 4.74 Å². The van der Waals surface area contributed by atoms with Crippen molar-refractivity contribution in [3.63, 3.8) is 0 Å². The van der Waals surface area contributed by atoms with Crippen LogP contribution in [0.25, 0.3) is 0 Å². The van der Waals surface area contributed by atoms with Gasteiger partial charge >= 0.3 is 5.97 Å². The number of aliphatic hydroxyl groups is 3. The molecule has 0 aromatic heterocycles. The molecule has 0 saturated heterocycles. The summed E-state index contributed by atoms with van der Waals surface area (Å²) in [7, 11) is 0. The van der Waals surface area contributed by atoms with E-state index in [0.29, 0.717) is 24.4 Å². The molecule has 5 fully saturated rings. The van der Waals surface area contributed by atoms with Gasteiger partial charge in [-0.1, -0.05) is 34.6 Å². The van der Waals surface area contributed by atoms with Crippen LogP contribution in [0.2, 0.25) is 0 Å². The van der Waals surface area contributed by atoms with Gasteiger partial charge in [-0.15, -0.1) is 0 Å². The molecule has 0 radical (unpaired) electrons. The van der Waals surface area contributed by atoms with Gasteiger partial charge in [0.2, 0.25) is 0 Å². The molecule has 212 valence electrons. The van der Waals surface area contributed by atoms with Crippen molar-refractivity contribution in [2.75, 3.05) is 13.2 Å². The molecule has 0 heterocycles. The average molecular weight is 519 g/mol. The van der Waals surface area contributed by atoms with E-state index in [1.807, 2.05) is 6.92 Å². The molecule has 0 aromatic carbocycles. The summed E-state index contributed by atoms with van der Waals surface area (Å²) in [5.74, 6) is 1.68. The van der Waals surface area contributed by atoms with Crippen LogP contribution in [0.15, 0.2) is 0 Å². The molecule has 5 nitrogen and oxygen atoms in total. The summed E-state index contributed by atoms with van der Waals surface area (Å²) in [6.07, 6.45) is 10.6. The number of rotatable bonds is 4. The summed E-state index contributed by atoms with van der Waals surface area (Å²) >= 11 is 0. The molecule has 1 unspecified atom stereocenters. The molecule has 0 spiro atoms. The molecule has 37 heavy (non-hydrogen) atoms. The summed E-state index contributed by atoms with van der Waals surface area (Å²) in [6, 6.07) is 0. The second-order valence-corrected chi connectivity index (χ2v) is 15.9. The first kappa shape index (κ1) is 27.9. The Morgan fingerprint density at radius 3 is 2.24 bits per heavy atom. The zero-order valence-electron chi connectivity index (χ0n) is 24.6. The smallest absolute Gasteiger partial charge is 0.302 e. The molecule has 11 atom stereocenters. The van der Waals surface area contributed by atoms with Crippen LogP contribution < -0.4 is 0 Å². The molecule has 0 amide bonds. The molecule has 0 aromatic rings. The van der Waals surface area contributed by atoms with Crippen molar-refractivity contribution in [3.8, 4) is 0 Å². The lowest BCUT2D eigenvalue weighted by Crippen LogP contribution is -2.67. The molecule has 0 bridgehead atoms. The molecule has 0 aliphatic heterocycles. The van der Waals surface area contributed by atoms with Crippen LogP contribution in [0.1, 0.15) is 113 Å². The number of esters is 1. The zero-order chi connectivity index (χ0) is 27.2. The maximum Gasteiger partial charge on any atom is 0.302 e. The highest BCUT2D eigenvalue weighted by atomic mass is 16.5. The number of fused-ring (bicyclic) bond motifs is 7. The third kappa shape index (κ3) is 3.68. The Balaban J connectivity index is 1.54. The fourth-order valence-electron chi connectivity index (χ4n) is 12.0. The predicted molar refractivity (Wildman–Crippen MR) is 145 cm³/mol. The Morgan fingerprint density at radius 2 is 1.59 bits per heavy atom. The number of hydrogen-bond acceptors (Lipinski definition) is 5. The van der Waals surface area contributed by atoms with E-state index in [1.165, 1.54) is 26.2 Å². The van der Waals surface area contributed by atoms with Crippen LogP contribution in [0, 0.1) is 56.7 Å². The van der Waals surface area contributed by atoms with Gasteiger partial charge in [-0.3, -0.25) is 4.79 Å². The van der Waals surface area contributed by atoms with Crippen LogP contribution in [0.3, 0.4) is 0 Å². The first-order valence-corrected chi connectivity index (χ1v) is 15.2. The fourth-order valence-corrected chi connectivity index (χ4v) is 12.0. The fraction of sp³-hybridized carbons (Fsp3) is 0.969. The van der Waals surface area contributed by atoms with E-state index in [2.05, 4.69) is 34.6 Å². The summed E-state index contributed by atoms with van der Waals surface area (Å²) in [6.45, 7) is 15.9. The predicted octanol–water partition coefficient (Wildman–Crippen LogP) is 5.74. The third-order valence-electron chi connectivity index (χ3n) is 14.3. The highest BCUT2D eigenvalue weighted by Gasteiger charge is 2.71. The van der Waals surface area contributed by atoms with Crippen LogP contribution in [0.4, 0.5) is 0 Å². The Kier molecular flexibility index (Phi) is 6.54. The summed E-state index contributed by atoms with van der Waals surface area (Å²) < 4.78 is 5.74. The van der Waals surface area contributed by atoms with Crippen LogP contribution >= 0.6 is 0 Å². The molecular formula is C32H54O5. The van der Waals surface area contributed by atoms with Crippen molar-refractivity contribution >= 4 is 5.97 Å².